The van der Waals surface area contributed by atoms with E-state index < -0.39 is 0 Å². The zero-order valence-electron chi connectivity index (χ0n) is 12.9. The normalized spacial score (nSPS) is 10.5. The number of benzene rings is 1. The van der Waals surface area contributed by atoms with Crippen LogP contribution < -0.4 is 10.1 Å². The number of aromatic nitrogens is 2. The lowest BCUT2D eigenvalue weighted by molar-refractivity contribution is -0.123. The summed E-state index contributed by atoms with van der Waals surface area (Å²) < 4.78 is 12.5. The van der Waals surface area contributed by atoms with Crippen molar-refractivity contribution in [3.05, 3.63) is 48.0 Å². The molecule has 0 unspecified atom stereocenters. The molecule has 1 aromatic heterocycles. The molecule has 0 bridgehead atoms. The predicted molar refractivity (Wildman–Crippen MR) is 82.6 cm³/mol. The summed E-state index contributed by atoms with van der Waals surface area (Å²) in [6, 6.07) is 9.27. The Balaban J connectivity index is 1.74. The number of hydrogen-bond donors (Lipinski definition) is 1. The molecule has 0 fully saturated rings. The zero-order chi connectivity index (χ0) is 15.8. The maximum absolute atomic E-state index is 11.8. The number of methoxy groups -OCH3 is 1. The first-order valence-corrected chi connectivity index (χ1v) is 7.15. The molecule has 0 aliphatic carbocycles. The molecule has 1 heterocycles. The van der Waals surface area contributed by atoms with Crippen LogP contribution in [-0.2, 0) is 22.7 Å². The van der Waals surface area contributed by atoms with Crippen molar-refractivity contribution in [2.75, 3.05) is 20.3 Å². The highest BCUT2D eigenvalue weighted by molar-refractivity contribution is 5.77. The van der Waals surface area contributed by atoms with Gasteiger partial charge in [-0.15, -0.1) is 0 Å². The summed E-state index contributed by atoms with van der Waals surface area (Å²) in [5.41, 5.74) is 1.04. The van der Waals surface area contributed by atoms with E-state index in [-0.39, 0.29) is 12.5 Å². The zero-order valence-corrected chi connectivity index (χ0v) is 12.9. The number of nitrogens with one attached hydrogen (secondary N) is 1. The van der Waals surface area contributed by atoms with E-state index in [9.17, 15) is 4.79 Å². The molecule has 0 aliphatic rings. The average molecular weight is 303 g/mol. The van der Waals surface area contributed by atoms with Crippen LogP contribution in [0.4, 0.5) is 0 Å². The Kier molecular flexibility index (Phi) is 5.97. The summed E-state index contributed by atoms with van der Waals surface area (Å²) in [6.07, 6.45) is 1.80. The highest BCUT2D eigenvalue weighted by Gasteiger charge is 2.07. The summed E-state index contributed by atoms with van der Waals surface area (Å²) >= 11 is 0. The quantitative estimate of drug-likeness (QED) is 0.803. The highest BCUT2D eigenvalue weighted by atomic mass is 16.5. The topological polar surface area (TPSA) is 65.4 Å². The van der Waals surface area contributed by atoms with Crippen LogP contribution in [0.25, 0.3) is 0 Å². The van der Waals surface area contributed by atoms with Crippen molar-refractivity contribution < 1.29 is 14.3 Å². The third-order valence-corrected chi connectivity index (χ3v) is 3.18. The van der Waals surface area contributed by atoms with Gasteiger partial charge in [0, 0.05) is 32.1 Å². The molecule has 2 rings (SSSR count). The number of ether oxygens (including phenoxy) is 2. The van der Waals surface area contributed by atoms with Crippen molar-refractivity contribution in [3.63, 3.8) is 0 Å². The highest BCUT2D eigenvalue weighted by Crippen LogP contribution is 2.07. The maximum atomic E-state index is 11.8. The fraction of sp³-hybridized carbons (Fsp3) is 0.375. The van der Waals surface area contributed by atoms with E-state index in [4.69, 9.17) is 9.47 Å². The number of nitrogens with zero attached hydrogens (tertiary/aromatic N) is 2. The summed E-state index contributed by atoms with van der Waals surface area (Å²) in [5, 5.41) is 2.83. The van der Waals surface area contributed by atoms with Gasteiger partial charge in [-0.3, -0.25) is 4.79 Å². The third-order valence-electron chi connectivity index (χ3n) is 3.18. The average Bonchev–Trinajstić information content (AvgIpc) is 2.87. The molecule has 0 saturated carbocycles. The minimum atomic E-state index is -0.144. The lowest BCUT2D eigenvalue weighted by Gasteiger charge is -2.11. The van der Waals surface area contributed by atoms with E-state index in [1.54, 1.807) is 13.3 Å². The smallest absolute Gasteiger partial charge is 0.258 e. The van der Waals surface area contributed by atoms with Gasteiger partial charge in [0.1, 0.15) is 18.2 Å². The molecule has 0 radical (unpaired) electrons. The molecule has 0 saturated heterocycles. The van der Waals surface area contributed by atoms with Crippen molar-refractivity contribution in [2.24, 2.45) is 0 Å². The Morgan fingerprint density at radius 1 is 1.32 bits per heavy atom. The number of carbonyl (C=O) groups is 1. The van der Waals surface area contributed by atoms with Crippen molar-refractivity contribution >= 4 is 5.91 Å². The first kappa shape index (κ1) is 16.0. The molecule has 2 aromatic rings. The molecule has 0 atom stereocenters. The summed E-state index contributed by atoms with van der Waals surface area (Å²) in [7, 11) is 1.64. The van der Waals surface area contributed by atoms with Gasteiger partial charge >= 0.3 is 0 Å². The number of aryl methyl sites for hydroxylation is 1. The largest absolute Gasteiger partial charge is 0.484 e. The van der Waals surface area contributed by atoms with Gasteiger partial charge in [-0.25, -0.2) is 4.98 Å². The monoisotopic (exact) mass is 303 g/mol. The Morgan fingerprint density at radius 2 is 2.09 bits per heavy atom. The minimum Gasteiger partial charge on any atom is -0.484 e. The van der Waals surface area contributed by atoms with Gasteiger partial charge in [0.2, 0.25) is 0 Å². The third kappa shape index (κ3) is 4.60. The molecule has 118 valence electrons. The fourth-order valence-corrected chi connectivity index (χ4v) is 2.08. The minimum absolute atomic E-state index is 0.0118. The number of amides is 1. The maximum Gasteiger partial charge on any atom is 0.258 e. The van der Waals surface area contributed by atoms with Gasteiger partial charge in [0.05, 0.1) is 0 Å². The van der Waals surface area contributed by atoms with E-state index >= 15 is 0 Å². The number of carbonyl (C=O) groups excluding carboxylic acids is 1. The van der Waals surface area contributed by atoms with Crippen molar-refractivity contribution in [1.82, 2.24) is 14.9 Å². The Labute approximate surface area is 130 Å². The molecular weight excluding hydrogens is 282 g/mol. The van der Waals surface area contributed by atoms with Crippen LogP contribution in [0.15, 0.2) is 36.5 Å². The van der Waals surface area contributed by atoms with E-state index in [2.05, 4.69) is 10.3 Å². The first-order valence-electron chi connectivity index (χ1n) is 7.15. The SMILES string of the molecule is COCc1ncc(C)n1CCNC(=O)COc1ccccc1. The molecule has 0 spiro atoms. The van der Waals surface area contributed by atoms with Gasteiger partial charge in [-0.1, -0.05) is 18.2 Å². The molecule has 6 heteroatoms. The molecule has 1 N–H and O–H groups in total. The molecule has 6 nitrogen and oxygen atoms in total. The van der Waals surface area contributed by atoms with Crippen LogP contribution in [0.2, 0.25) is 0 Å². The van der Waals surface area contributed by atoms with E-state index in [0.29, 0.717) is 25.4 Å². The van der Waals surface area contributed by atoms with Gasteiger partial charge in [0.15, 0.2) is 6.61 Å². The second kappa shape index (κ2) is 8.19. The Morgan fingerprint density at radius 3 is 2.82 bits per heavy atom. The fourth-order valence-electron chi connectivity index (χ4n) is 2.08. The standard InChI is InChI=1S/C16H21N3O3/c1-13-10-18-15(11-21-2)19(13)9-8-17-16(20)12-22-14-6-4-3-5-7-14/h3-7,10H,8-9,11-12H2,1-2H3,(H,17,20). The van der Waals surface area contributed by atoms with Crippen LogP contribution >= 0.6 is 0 Å². The molecule has 22 heavy (non-hydrogen) atoms. The van der Waals surface area contributed by atoms with Gasteiger partial charge in [0.25, 0.3) is 5.91 Å². The first-order chi connectivity index (χ1) is 10.7. The Bertz CT molecular complexity index is 596. The van der Waals surface area contributed by atoms with Crippen LogP contribution in [0.1, 0.15) is 11.5 Å². The summed E-state index contributed by atoms with van der Waals surface area (Å²) in [4.78, 5) is 16.0. The molecule has 1 amide bonds. The van der Waals surface area contributed by atoms with Gasteiger partial charge < -0.3 is 19.4 Å². The second-order valence-electron chi connectivity index (χ2n) is 4.85. The van der Waals surface area contributed by atoms with Crippen LogP contribution in [0, 0.1) is 6.92 Å². The number of para-hydroxylation sites is 1. The van der Waals surface area contributed by atoms with Crippen molar-refractivity contribution in [2.45, 2.75) is 20.1 Å². The van der Waals surface area contributed by atoms with Crippen LogP contribution in [0.3, 0.4) is 0 Å². The lowest BCUT2D eigenvalue weighted by Crippen LogP contribution is -2.32. The van der Waals surface area contributed by atoms with E-state index in [1.807, 2.05) is 41.8 Å². The lowest BCUT2D eigenvalue weighted by atomic mass is 10.3. The number of rotatable bonds is 8. The Hall–Kier alpha value is -2.34. The summed E-state index contributed by atoms with van der Waals surface area (Å²) in [5.74, 6) is 1.40. The van der Waals surface area contributed by atoms with Crippen LogP contribution in [0.5, 0.6) is 5.75 Å². The molecular formula is C16H21N3O3. The van der Waals surface area contributed by atoms with E-state index in [0.717, 1.165) is 11.5 Å². The van der Waals surface area contributed by atoms with Crippen molar-refractivity contribution in [3.8, 4) is 5.75 Å². The molecule has 1 aromatic carbocycles. The van der Waals surface area contributed by atoms with Crippen LogP contribution in [-0.4, -0.2) is 35.7 Å². The molecule has 0 aliphatic heterocycles. The van der Waals surface area contributed by atoms with Crippen molar-refractivity contribution in [1.29, 1.82) is 0 Å². The summed E-state index contributed by atoms with van der Waals surface area (Å²) in [6.45, 7) is 3.62. The van der Waals surface area contributed by atoms with Gasteiger partial charge in [-0.2, -0.15) is 0 Å². The predicted octanol–water partition coefficient (Wildman–Crippen LogP) is 1.53. The number of imidazole rings is 1. The second-order valence-corrected chi connectivity index (χ2v) is 4.85. The number of hydrogen-bond acceptors (Lipinski definition) is 4. The van der Waals surface area contributed by atoms with Gasteiger partial charge in [-0.05, 0) is 19.1 Å². The van der Waals surface area contributed by atoms with E-state index in [1.165, 1.54) is 0 Å².